The number of ether oxygens (including phenoxy) is 1. The highest BCUT2D eigenvalue weighted by Crippen LogP contribution is 2.26. The third kappa shape index (κ3) is 4.53. The van der Waals surface area contributed by atoms with Crippen molar-refractivity contribution in [2.75, 3.05) is 11.9 Å². The van der Waals surface area contributed by atoms with E-state index in [-0.39, 0.29) is 11.3 Å². The van der Waals surface area contributed by atoms with E-state index in [1.807, 2.05) is 19.1 Å². The van der Waals surface area contributed by atoms with Gasteiger partial charge >= 0.3 is 0 Å². The fourth-order valence-electron chi connectivity index (χ4n) is 1.93. The number of para-hydroxylation sites is 1. The molecule has 0 unspecified atom stereocenters. The Hall–Kier alpha value is -1.95. The van der Waals surface area contributed by atoms with Gasteiger partial charge in [0.05, 0.1) is 12.2 Å². The van der Waals surface area contributed by atoms with Crippen LogP contribution < -0.4 is 10.1 Å². The Morgan fingerprint density at radius 3 is 2.68 bits per heavy atom. The van der Waals surface area contributed by atoms with Crippen molar-refractivity contribution >= 4 is 22.4 Å². The quantitative estimate of drug-likeness (QED) is 0.911. The first kappa shape index (κ1) is 16.4. The van der Waals surface area contributed by atoms with Crippen molar-refractivity contribution in [2.24, 2.45) is 5.41 Å². The summed E-state index contributed by atoms with van der Waals surface area (Å²) < 4.78 is 5.47. The molecule has 0 aliphatic heterocycles. The number of benzene rings is 1. The lowest BCUT2D eigenvalue weighted by atomic mass is 9.93. The monoisotopic (exact) mass is 319 g/mol. The molecule has 0 bridgehead atoms. The molecule has 0 radical (unpaired) electrons. The summed E-state index contributed by atoms with van der Waals surface area (Å²) in [6, 6.07) is 7.16. The third-order valence-corrected chi connectivity index (χ3v) is 3.64. The predicted octanol–water partition coefficient (Wildman–Crippen LogP) is 3.78. The molecule has 2 aromatic rings. The van der Waals surface area contributed by atoms with Crippen LogP contribution >= 0.6 is 11.3 Å². The number of carbonyl (C=O) groups is 1. The smallest absolute Gasteiger partial charge is 0.261 e. The summed E-state index contributed by atoms with van der Waals surface area (Å²) in [6.45, 7) is 8.83. The Kier molecular flexibility index (Phi) is 5.13. The Labute approximate surface area is 134 Å². The highest BCUT2D eigenvalue weighted by Gasteiger charge is 2.17. The highest BCUT2D eigenvalue weighted by atomic mass is 32.1. The van der Waals surface area contributed by atoms with Crippen molar-refractivity contribution in [3.05, 3.63) is 34.8 Å². The minimum atomic E-state index is -0.234. The molecule has 0 aliphatic rings. The SMILES string of the molecule is CCOc1ccccc1C(=O)Nc1nnc(CC(C)(C)C)s1. The van der Waals surface area contributed by atoms with E-state index in [1.165, 1.54) is 11.3 Å². The Morgan fingerprint density at radius 1 is 1.27 bits per heavy atom. The first-order valence-electron chi connectivity index (χ1n) is 7.24. The van der Waals surface area contributed by atoms with Crippen LogP contribution in [0.5, 0.6) is 5.75 Å². The lowest BCUT2D eigenvalue weighted by molar-refractivity contribution is 0.102. The molecule has 2 rings (SSSR count). The van der Waals surface area contributed by atoms with Crippen LogP contribution in [0.15, 0.2) is 24.3 Å². The summed E-state index contributed by atoms with van der Waals surface area (Å²) in [5, 5.41) is 12.4. The fraction of sp³-hybridized carbons (Fsp3) is 0.438. The van der Waals surface area contributed by atoms with Crippen molar-refractivity contribution in [3.8, 4) is 5.75 Å². The van der Waals surface area contributed by atoms with Crippen LogP contribution in [0.1, 0.15) is 43.1 Å². The van der Waals surface area contributed by atoms with Crippen molar-refractivity contribution in [2.45, 2.75) is 34.1 Å². The van der Waals surface area contributed by atoms with Crippen LogP contribution in [0.25, 0.3) is 0 Å². The molecule has 0 fully saturated rings. The third-order valence-electron chi connectivity index (χ3n) is 2.80. The van der Waals surface area contributed by atoms with E-state index in [0.717, 1.165) is 11.4 Å². The number of amides is 1. The Morgan fingerprint density at radius 2 is 2.00 bits per heavy atom. The van der Waals surface area contributed by atoms with E-state index in [1.54, 1.807) is 12.1 Å². The van der Waals surface area contributed by atoms with Gasteiger partial charge in [0.15, 0.2) is 0 Å². The number of rotatable bonds is 5. The van der Waals surface area contributed by atoms with Crippen LogP contribution in [0.2, 0.25) is 0 Å². The maximum absolute atomic E-state index is 12.4. The average molecular weight is 319 g/mol. The minimum Gasteiger partial charge on any atom is -0.493 e. The normalized spacial score (nSPS) is 11.3. The van der Waals surface area contributed by atoms with Crippen LogP contribution in [-0.2, 0) is 6.42 Å². The second-order valence-electron chi connectivity index (χ2n) is 6.12. The summed E-state index contributed by atoms with van der Waals surface area (Å²) >= 11 is 1.41. The molecule has 22 heavy (non-hydrogen) atoms. The summed E-state index contributed by atoms with van der Waals surface area (Å²) in [5.41, 5.74) is 0.638. The van der Waals surface area contributed by atoms with E-state index in [9.17, 15) is 4.79 Å². The maximum Gasteiger partial charge on any atom is 0.261 e. The van der Waals surface area contributed by atoms with Gasteiger partial charge in [-0.3, -0.25) is 10.1 Å². The molecular weight excluding hydrogens is 298 g/mol. The molecule has 0 spiro atoms. The van der Waals surface area contributed by atoms with Gasteiger partial charge in [-0.2, -0.15) is 0 Å². The molecule has 0 aliphatic carbocycles. The Bertz CT molecular complexity index is 647. The molecule has 0 saturated heterocycles. The molecule has 0 saturated carbocycles. The van der Waals surface area contributed by atoms with E-state index < -0.39 is 0 Å². The van der Waals surface area contributed by atoms with Gasteiger partial charge in [-0.05, 0) is 24.5 Å². The van der Waals surface area contributed by atoms with Gasteiger partial charge in [0.25, 0.3) is 5.91 Å². The molecule has 6 heteroatoms. The second-order valence-corrected chi connectivity index (χ2v) is 7.18. The van der Waals surface area contributed by atoms with Crippen LogP contribution in [0.3, 0.4) is 0 Å². The first-order valence-corrected chi connectivity index (χ1v) is 8.06. The van der Waals surface area contributed by atoms with E-state index in [4.69, 9.17) is 4.74 Å². The number of nitrogens with zero attached hydrogens (tertiary/aromatic N) is 2. The molecule has 118 valence electrons. The van der Waals surface area contributed by atoms with Gasteiger partial charge in [0.1, 0.15) is 10.8 Å². The second kappa shape index (κ2) is 6.87. The van der Waals surface area contributed by atoms with E-state index in [0.29, 0.717) is 23.1 Å². The number of aromatic nitrogens is 2. The van der Waals surface area contributed by atoms with E-state index >= 15 is 0 Å². The molecule has 1 aromatic heterocycles. The van der Waals surface area contributed by atoms with Gasteiger partial charge in [-0.25, -0.2) is 0 Å². The molecule has 5 nitrogen and oxygen atoms in total. The zero-order chi connectivity index (χ0) is 16.2. The lowest BCUT2D eigenvalue weighted by Crippen LogP contribution is -2.13. The lowest BCUT2D eigenvalue weighted by Gasteiger charge is -2.14. The minimum absolute atomic E-state index is 0.141. The molecular formula is C16H21N3O2S. The highest BCUT2D eigenvalue weighted by molar-refractivity contribution is 7.15. The van der Waals surface area contributed by atoms with Gasteiger partial charge < -0.3 is 4.74 Å². The maximum atomic E-state index is 12.4. The molecule has 0 atom stereocenters. The first-order chi connectivity index (χ1) is 10.4. The molecule has 1 amide bonds. The van der Waals surface area contributed by atoms with Crippen LogP contribution in [-0.4, -0.2) is 22.7 Å². The summed E-state index contributed by atoms with van der Waals surface area (Å²) in [6.07, 6.45) is 0.829. The number of nitrogens with one attached hydrogen (secondary N) is 1. The predicted molar refractivity (Wildman–Crippen MR) is 88.6 cm³/mol. The largest absolute Gasteiger partial charge is 0.493 e. The number of carbonyl (C=O) groups excluding carboxylic acids is 1. The van der Waals surface area contributed by atoms with Crippen molar-refractivity contribution in [1.82, 2.24) is 10.2 Å². The molecule has 1 heterocycles. The zero-order valence-corrected chi connectivity index (χ0v) is 14.2. The van der Waals surface area contributed by atoms with Gasteiger partial charge in [0, 0.05) is 6.42 Å². The topological polar surface area (TPSA) is 64.1 Å². The Balaban J connectivity index is 2.09. The van der Waals surface area contributed by atoms with Crippen molar-refractivity contribution in [3.63, 3.8) is 0 Å². The average Bonchev–Trinajstić information content (AvgIpc) is 2.84. The van der Waals surface area contributed by atoms with Crippen LogP contribution in [0, 0.1) is 5.41 Å². The summed E-state index contributed by atoms with van der Waals surface area (Å²) in [4.78, 5) is 12.4. The summed E-state index contributed by atoms with van der Waals surface area (Å²) in [7, 11) is 0. The van der Waals surface area contributed by atoms with Gasteiger partial charge in [-0.1, -0.05) is 44.2 Å². The van der Waals surface area contributed by atoms with Crippen molar-refractivity contribution < 1.29 is 9.53 Å². The van der Waals surface area contributed by atoms with Gasteiger partial charge in [0.2, 0.25) is 5.13 Å². The van der Waals surface area contributed by atoms with E-state index in [2.05, 4.69) is 36.3 Å². The summed E-state index contributed by atoms with van der Waals surface area (Å²) in [5.74, 6) is 0.337. The fourth-order valence-corrected chi connectivity index (χ4v) is 2.96. The van der Waals surface area contributed by atoms with Gasteiger partial charge in [-0.15, -0.1) is 10.2 Å². The van der Waals surface area contributed by atoms with Crippen molar-refractivity contribution in [1.29, 1.82) is 0 Å². The molecule has 1 N–H and O–H groups in total. The standard InChI is InChI=1S/C16H21N3O2S/c1-5-21-12-9-7-6-8-11(12)14(20)17-15-19-18-13(22-15)10-16(2,3)4/h6-9H,5,10H2,1-4H3,(H,17,19,20). The molecule has 1 aromatic carbocycles. The number of hydrogen-bond acceptors (Lipinski definition) is 5. The number of anilines is 1. The number of hydrogen-bond donors (Lipinski definition) is 1. The zero-order valence-electron chi connectivity index (χ0n) is 13.3. The van der Waals surface area contributed by atoms with Crippen LogP contribution in [0.4, 0.5) is 5.13 Å².